The first-order chi connectivity index (χ1) is 10.9. The molecule has 0 saturated carbocycles. The maximum Gasteiger partial charge on any atom is 0.243 e. The third kappa shape index (κ3) is 4.53. The van der Waals surface area contributed by atoms with E-state index in [4.69, 9.17) is 4.74 Å². The third-order valence-corrected chi connectivity index (χ3v) is 5.76. The first-order valence-electron chi connectivity index (χ1n) is 7.96. The van der Waals surface area contributed by atoms with Crippen molar-refractivity contribution in [2.45, 2.75) is 32.1 Å². The van der Waals surface area contributed by atoms with Crippen LogP contribution < -0.4 is 0 Å². The minimum Gasteiger partial charge on any atom is -0.377 e. The summed E-state index contributed by atoms with van der Waals surface area (Å²) in [7, 11) is -3.47. The van der Waals surface area contributed by atoms with Crippen molar-refractivity contribution in [1.82, 2.24) is 4.31 Å². The Morgan fingerprint density at radius 1 is 1.09 bits per heavy atom. The molecule has 2 rings (SSSR count). The molecule has 0 aliphatic carbocycles. The molecule has 0 N–H and O–H groups in total. The van der Waals surface area contributed by atoms with Crippen molar-refractivity contribution >= 4 is 10.0 Å². The highest BCUT2D eigenvalue weighted by molar-refractivity contribution is 7.89. The molecule has 1 aliphatic heterocycles. The van der Waals surface area contributed by atoms with Gasteiger partial charge in [0, 0.05) is 19.7 Å². The van der Waals surface area contributed by atoms with Gasteiger partial charge in [0.25, 0.3) is 0 Å². The van der Waals surface area contributed by atoms with Crippen LogP contribution in [0.3, 0.4) is 0 Å². The summed E-state index contributed by atoms with van der Waals surface area (Å²) in [5, 5.41) is 0. The fraction of sp³-hybridized carbons (Fsp3) is 0.444. The fourth-order valence-corrected chi connectivity index (χ4v) is 3.69. The Balaban J connectivity index is 2.17. The molecule has 0 unspecified atom stereocenters. The zero-order chi connectivity index (χ0) is 16.9. The highest BCUT2D eigenvalue weighted by Gasteiger charge is 2.24. The van der Waals surface area contributed by atoms with Gasteiger partial charge in [-0.15, -0.1) is 0 Å². The fourth-order valence-electron chi connectivity index (χ4n) is 2.37. The largest absolute Gasteiger partial charge is 0.377 e. The SMILES string of the molecule is CCCOCC1=CCN(S(=O)(=O)c2ccc(C)cc2)CC=C1C. The Morgan fingerprint density at radius 2 is 1.74 bits per heavy atom. The lowest BCUT2D eigenvalue weighted by Gasteiger charge is -2.18. The van der Waals surface area contributed by atoms with E-state index in [1.54, 1.807) is 12.1 Å². The first-order valence-corrected chi connectivity index (χ1v) is 9.40. The molecule has 4 nitrogen and oxygen atoms in total. The number of hydrogen-bond acceptors (Lipinski definition) is 3. The smallest absolute Gasteiger partial charge is 0.243 e. The summed E-state index contributed by atoms with van der Waals surface area (Å²) in [5.41, 5.74) is 3.20. The summed E-state index contributed by atoms with van der Waals surface area (Å²) in [4.78, 5) is 0.341. The van der Waals surface area contributed by atoms with Crippen LogP contribution in [-0.4, -0.2) is 39.0 Å². The monoisotopic (exact) mass is 335 g/mol. The van der Waals surface area contributed by atoms with Gasteiger partial charge < -0.3 is 4.74 Å². The molecule has 0 amide bonds. The first kappa shape index (κ1) is 17.9. The predicted octanol–water partition coefficient (Wildman–Crippen LogP) is 3.30. The number of rotatable bonds is 6. The Labute approximate surface area is 139 Å². The Bertz CT molecular complexity index is 687. The lowest BCUT2D eigenvalue weighted by molar-refractivity contribution is 0.158. The van der Waals surface area contributed by atoms with E-state index in [1.165, 1.54) is 4.31 Å². The molecule has 23 heavy (non-hydrogen) atoms. The van der Waals surface area contributed by atoms with Crippen molar-refractivity contribution in [1.29, 1.82) is 0 Å². The molecule has 1 aromatic rings. The van der Waals surface area contributed by atoms with Gasteiger partial charge in [-0.2, -0.15) is 4.31 Å². The number of benzene rings is 1. The van der Waals surface area contributed by atoms with E-state index in [9.17, 15) is 8.42 Å². The van der Waals surface area contributed by atoms with Crippen molar-refractivity contribution in [2.24, 2.45) is 0 Å². The van der Waals surface area contributed by atoms with Gasteiger partial charge >= 0.3 is 0 Å². The van der Waals surface area contributed by atoms with Crippen LogP contribution >= 0.6 is 0 Å². The van der Waals surface area contributed by atoms with E-state index < -0.39 is 10.0 Å². The van der Waals surface area contributed by atoms with E-state index in [0.29, 0.717) is 24.6 Å². The molecule has 5 heteroatoms. The van der Waals surface area contributed by atoms with Crippen LogP contribution in [0, 0.1) is 6.92 Å². The molecular weight excluding hydrogens is 310 g/mol. The molecule has 1 heterocycles. The normalized spacial score (nSPS) is 16.7. The molecule has 0 atom stereocenters. The van der Waals surface area contributed by atoms with Crippen molar-refractivity contribution in [2.75, 3.05) is 26.3 Å². The van der Waals surface area contributed by atoms with Crippen LogP contribution in [0.5, 0.6) is 0 Å². The van der Waals surface area contributed by atoms with Gasteiger partial charge in [-0.05, 0) is 43.5 Å². The summed E-state index contributed by atoms with van der Waals surface area (Å²) >= 11 is 0. The Hall–Kier alpha value is -1.43. The summed E-state index contributed by atoms with van der Waals surface area (Å²) in [6.07, 6.45) is 4.89. The quantitative estimate of drug-likeness (QED) is 0.749. The van der Waals surface area contributed by atoms with Crippen LogP contribution in [-0.2, 0) is 14.8 Å². The summed E-state index contributed by atoms with van der Waals surface area (Å²) in [6, 6.07) is 6.99. The molecule has 0 radical (unpaired) electrons. The molecular formula is C18H25NO3S. The number of sulfonamides is 1. The van der Waals surface area contributed by atoms with Crippen molar-refractivity contribution < 1.29 is 13.2 Å². The molecule has 1 aromatic carbocycles. The third-order valence-electron chi connectivity index (χ3n) is 3.91. The number of ether oxygens (including phenoxy) is 1. The molecule has 0 fully saturated rings. The molecule has 0 aromatic heterocycles. The Morgan fingerprint density at radius 3 is 2.39 bits per heavy atom. The summed E-state index contributed by atoms with van der Waals surface area (Å²) in [6.45, 7) is 8.03. The highest BCUT2D eigenvalue weighted by atomic mass is 32.2. The van der Waals surface area contributed by atoms with Gasteiger partial charge in [0.05, 0.1) is 11.5 Å². The van der Waals surface area contributed by atoms with E-state index in [-0.39, 0.29) is 0 Å². The maximum absolute atomic E-state index is 12.8. The standard InChI is InChI=1S/C18H25NO3S/c1-4-13-22-14-17-10-12-19(11-9-16(17)3)23(20,21)18-7-5-15(2)6-8-18/h5-10H,4,11-14H2,1-3H3. The van der Waals surface area contributed by atoms with Crippen molar-refractivity contribution in [3.63, 3.8) is 0 Å². The zero-order valence-electron chi connectivity index (χ0n) is 14.1. The van der Waals surface area contributed by atoms with Gasteiger partial charge in [0.15, 0.2) is 0 Å². The van der Waals surface area contributed by atoms with Crippen LogP contribution in [0.15, 0.2) is 52.5 Å². The van der Waals surface area contributed by atoms with E-state index in [2.05, 4.69) is 6.92 Å². The van der Waals surface area contributed by atoms with Crippen LogP contribution in [0.25, 0.3) is 0 Å². The average Bonchev–Trinajstić information content (AvgIpc) is 2.71. The van der Waals surface area contributed by atoms with E-state index in [1.807, 2.05) is 38.1 Å². The van der Waals surface area contributed by atoms with Crippen LogP contribution in [0.1, 0.15) is 25.8 Å². The lowest BCUT2D eigenvalue weighted by Crippen LogP contribution is -2.31. The zero-order valence-corrected chi connectivity index (χ0v) is 14.9. The van der Waals surface area contributed by atoms with Gasteiger partial charge in [-0.1, -0.05) is 36.8 Å². The minimum absolute atomic E-state index is 0.341. The molecule has 0 saturated heterocycles. The van der Waals surface area contributed by atoms with E-state index >= 15 is 0 Å². The van der Waals surface area contributed by atoms with Crippen molar-refractivity contribution in [3.8, 4) is 0 Å². The molecule has 126 valence electrons. The Kier molecular flexibility index (Phi) is 6.16. The van der Waals surface area contributed by atoms with Gasteiger partial charge in [-0.25, -0.2) is 8.42 Å². The second-order valence-electron chi connectivity index (χ2n) is 5.80. The molecule has 0 spiro atoms. The average molecular weight is 335 g/mol. The van der Waals surface area contributed by atoms with Gasteiger partial charge in [0.2, 0.25) is 10.0 Å². The van der Waals surface area contributed by atoms with Crippen LogP contribution in [0.2, 0.25) is 0 Å². The van der Waals surface area contributed by atoms with Crippen LogP contribution in [0.4, 0.5) is 0 Å². The summed E-state index contributed by atoms with van der Waals surface area (Å²) in [5.74, 6) is 0. The lowest BCUT2D eigenvalue weighted by atomic mass is 10.1. The van der Waals surface area contributed by atoms with Gasteiger partial charge in [-0.3, -0.25) is 0 Å². The summed E-state index contributed by atoms with van der Waals surface area (Å²) < 4.78 is 32.6. The number of hydrogen-bond donors (Lipinski definition) is 0. The predicted molar refractivity (Wildman–Crippen MR) is 92.9 cm³/mol. The van der Waals surface area contributed by atoms with Gasteiger partial charge in [0.1, 0.15) is 0 Å². The minimum atomic E-state index is -3.47. The number of nitrogens with zero attached hydrogens (tertiary/aromatic N) is 1. The second kappa shape index (κ2) is 7.90. The number of aryl methyl sites for hydroxylation is 1. The van der Waals surface area contributed by atoms with E-state index in [0.717, 1.165) is 29.7 Å². The topological polar surface area (TPSA) is 46.6 Å². The molecule has 0 bridgehead atoms. The highest BCUT2D eigenvalue weighted by Crippen LogP contribution is 2.20. The molecule has 1 aliphatic rings. The second-order valence-corrected chi connectivity index (χ2v) is 7.74. The van der Waals surface area contributed by atoms with Crippen molar-refractivity contribution in [3.05, 3.63) is 53.1 Å². The maximum atomic E-state index is 12.8.